The molecule has 0 radical (unpaired) electrons. The van der Waals surface area contributed by atoms with Gasteiger partial charge in [-0.25, -0.2) is 4.90 Å². The number of amides is 3. The quantitative estimate of drug-likeness (QED) is 0.616. The summed E-state index contributed by atoms with van der Waals surface area (Å²) in [5, 5.41) is 7.00. The molecule has 5 nitrogen and oxygen atoms in total. The van der Waals surface area contributed by atoms with Crippen LogP contribution < -0.4 is 10.2 Å². The summed E-state index contributed by atoms with van der Waals surface area (Å²) in [5.41, 5.74) is 2.65. The van der Waals surface area contributed by atoms with E-state index in [1.165, 1.54) is 0 Å². The van der Waals surface area contributed by atoms with E-state index < -0.39 is 11.8 Å². The second kappa shape index (κ2) is 7.58. The normalized spacial score (nSPS) is 13.0. The number of carbonyl (C=O) groups excluding carboxylic acids is 3. The molecular weight excluding hydrogens is 396 g/mol. The smallest absolute Gasteiger partial charge is 0.266 e. The molecule has 4 rings (SSSR count). The van der Waals surface area contributed by atoms with Crippen LogP contribution >= 0.6 is 22.9 Å². The minimum Gasteiger partial charge on any atom is -0.326 e. The molecule has 3 aromatic rings. The first-order valence-electron chi connectivity index (χ1n) is 8.63. The predicted molar refractivity (Wildman–Crippen MR) is 110 cm³/mol. The van der Waals surface area contributed by atoms with Gasteiger partial charge in [-0.05, 0) is 59.1 Å². The largest absolute Gasteiger partial charge is 0.326 e. The van der Waals surface area contributed by atoms with Crippen LogP contribution in [0.3, 0.4) is 0 Å². The number of carbonyl (C=O) groups is 3. The summed E-state index contributed by atoms with van der Waals surface area (Å²) < 4.78 is 0. The van der Waals surface area contributed by atoms with Gasteiger partial charge in [0.1, 0.15) is 0 Å². The topological polar surface area (TPSA) is 66.5 Å². The standard InChI is InChI=1S/C21H15ClN2O3S/c22-17-11-14(23-19(25)8-5-13-9-10-28-12-13)6-7-18(17)24-20(26)15-3-1-2-4-16(15)21(24)27/h1-4,6-7,9-12H,5,8H2,(H,23,25). The molecule has 3 amide bonds. The van der Waals surface area contributed by atoms with Crippen LogP contribution in [0.2, 0.25) is 5.02 Å². The molecule has 1 aliphatic rings. The Morgan fingerprint density at radius 1 is 1.04 bits per heavy atom. The Bertz CT molecular complexity index is 1040. The SMILES string of the molecule is O=C(CCc1ccsc1)Nc1ccc(N2C(=O)c3ccccc3C2=O)c(Cl)c1. The third-order valence-electron chi connectivity index (χ3n) is 4.49. The van der Waals surface area contributed by atoms with Crippen LogP contribution in [0.15, 0.2) is 59.3 Å². The van der Waals surface area contributed by atoms with Crippen LogP contribution in [0.25, 0.3) is 0 Å². The maximum atomic E-state index is 12.6. The molecule has 0 atom stereocenters. The van der Waals surface area contributed by atoms with Gasteiger partial charge in [0, 0.05) is 12.1 Å². The number of benzene rings is 2. The monoisotopic (exact) mass is 410 g/mol. The third kappa shape index (κ3) is 3.44. The predicted octanol–water partition coefficient (Wildman–Crippen LogP) is 4.77. The minimum absolute atomic E-state index is 0.129. The first kappa shape index (κ1) is 18.4. The summed E-state index contributed by atoms with van der Waals surface area (Å²) in [7, 11) is 0. The number of imide groups is 1. The van der Waals surface area contributed by atoms with E-state index in [2.05, 4.69) is 5.32 Å². The highest BCUT2D eigenvalue weighted by molar-refractivity contribution is 7.07. The van der Waals surface area contributed by atoms with Crippen molar-refractivity contribution in [3.63, 3.8) is 0 Å². The molecule has 0 spiro atoms. The van der Waals surface area contributed by atoms with Gasteiger partial charge in [0.15, 0.2) is 0 Å². The van der Waals surface area contributed by atoms with Crippen molar-refractivity contribution in [2.45, 2.75) is 12.8 Å². The van der Waals surface area contributed by atoms with Gasteiger partial charge >= 0.3 is 0 Å². The molecule has 1 N–H and O–H groups in total. The number of aryl methyl sites for hydroxylation is 1. The van der Waals surface area contributed by atoms with Crippen molar-refractivity contribution < 1.29 is 14.4 Å². The molecule has 140 valence electrons. The fraction of sp³-hybridized carbons (Fsp3) is 0.0952. The lowest BCUT2D eigenvalue weighted by atomic mass is 10.1. The molecule has 2 heterocycles. The molecule has 0 saturated heterocycles. The number of nitrogens with one attached hydrogen (secondary N) is 1. The highest BCUT2D eigenvalue weighted by atomic mass is 35.5. The van der Waals surface area contributed by atoms with Crippen molar-refractivity contribution in [1.82, 2.24) is 0 Å². The molecule has 28 heavy (non-hydrogen) atoms. The zero-order chi connectivity index (χ0) is 19.7. The lowest BCUT2D eigenvalue weighted by Gasteiger charge is -2.16. The highest BCUT2D eigenvalue weighted by Gasteiger charge is 2.37. The number of thiophene rings is 1. The fourth-order valence-corrected chi connectivity index (χ4v) is 4.06. The van der Waals surface area contributed by atoms with E-state index in [9.17, 15) is 14.4 Å². The molecule has 1 aliphatic heterocycles. The van der Waals surface area contributed by atoms with Crippen molar-refractivity contribution >= 4 is 52.0 Å². The number of halogens is 1. The Balaban J connectivity index is 1.49. The van der Waals surface area contributed by atoms with Crippen molar-refractivity contribution in [2.24, 2.45) is 0 Å². The Kier molecular flexibility index (Phi) is 4.98. The maximum Gasteiger partial charge on any atom is 0.266 e. The van der Waals surface area contributed by atoms with Gasteiger partial charge in [0.05, 0.1) is 21.8 Å². The summed E-state index contributed by atoms with van der Waals surface area (Å²) in [4.78, 5) is 38.4. The van der Waals surface area contributed by atoms with Crippen molar-refractivity contribution in [3.05, 3.63) is 81.0 Å². The summed E-state index contributed by atoms with van der Waals surface area (Å²) in [6.07, 6.45) is 1.02. The average molecular weight is 411 g/mol. The molecule has 1 aromatic heterocycles. The van der Waals surface area contributed by atoms with E-state index in [-0.39, 0.29) is 10.9 Å². The molecule has 0 saturated carbocycles. The number of nitrogens with zero attached hydrogens (tertiary/aromatic N) is 1. The molecular formula is C21H15ClN2O3S. The summed E-state index contributed by atoms with van der Waals surface area (Å²) in [6, 6.07) is 13.4. The van der Waals surface area contributed by atoms with Crippen LogP contribution in [-0.2, 0) is 11.2 Å². The molecule has 0 fully saturated rings. The molecule has 0 bridgehead atoms. The van der Waals surface area contributed by atoms with Crippen LogP contribution in [0.5, 0.6) is 0 Å². The van der Waals surface area contributed by atoms with E-state index in [4.69, 9.17) is 11.6 Å². The molecule has 2 aromatic carbocycles. The van der Waals surface area contributed by atoms with Crippen LogP contribution in [0.4, 0.5) is 11.4 Å². The number of hydrogen-bond acceptors (Lipinski definition) is 4. The Labute approximate surface area is 170 Å². The van der Waals surface area contributed by atoms with Gasteiger partial charge in [0.2, 0.25) is 5.91 Å². The maximum absolute atomic E-state index is 12.6. The zero-order valence-corrected chi connectivity index (χ0v) is 16.2. The van der Waals surface area contributed by atoms with E-state index in [1.807, 2.05) is 16.8 Å². The van der Waals surface area contributed by atoms with E-state index in [0.29, 0.717) is 35.3 Å². The van der Waals surface area contributed by atoms with Gasteiger partial charge in [0.25, 0.3) is 11.8 Å². The average Bonchev–Trinajstić information content (AvgIpc) is 3.29. The first-order chi connectivity index (χ1) is 13.5. The number of fused-ring (bicyclic) bond motifs is 1. The van der Waals surface area contributed by atoms with Crippen molar-refractivity contribution in [2.75, 3.05) is 10.2 Å². The second-order valence-corrected chi connectivity index (χ2v) is 7.52. The van der Waals surface area contributed by atoms with Gasteiger partial charge in [-0.3, -0.25) is 14.4 Å². The highest BCUT2D eigenvalue weighted by Crippen LogP contribution is 2.34. The Morgan fingerprint density at radius 3 is 2.36 bits per heavy atom. The van der Waals surface area contributed by atoms with E-state index in [1.54, 1.807) is 53.8 Å². The molecule has 0 unspecified atom stereocenters. The zero-order valence-electron chi connectivity index (χ0n) is 14.6. The lowest BCUT2D eigenvalue weighted by Crippen LogP contribution is -2.29. The summed E-state index contributed by atoms with van der Waals surface area (Å²) in [6.45, 7) is 0. The van der Waals surface area contributed by atoms with Crippen molar-refractivity contribution in [1.29, 1.82) is 0 Å². The number of hydrogen-bond donors (Lipinski definition) is 1. The van der Waals surface area contributed by atoms with Gasteiger partial charge in [-0.15, -0.1) is 0 Å². The van der Waals surface area contributed by atoms with Gasteiger partial charge < -0.3 is 5.32 Å². The van der Waals surface area contributed by atoms with E-state index in [0.717, 1.165) is 10.5 Å². The summed E-state index contributed by atoms with van der Waals surface area (Å²) in [5.74, 6) is -0.944. The van der Waals surface area contributed by atoms with E-state index >= 15 is 0 Å². The Morgan fingerprint density at radius 2 is 1.75 bits per heavy atom. The first-order valence-corrected chi connectivity index (χ1v) is 9.95. The Hall–Kier alpha value is -2.96. The minimum atomic E-state index is -0.407. The van der Waals surface area contributed by atoms with Crippen molar-refractivity contribution in [3.8, 4) is 0 Å². The second-order valence-electron chi connectivity index (χ2n) is 6.34. The van der Waals surface area contributed by atoms with Gasteiger partial charge in [-0.1, -0.05) is 23.7 Å². The van der Waals surface area contributed by atoms with Crippen LogP contribution in [0.1, 0.15) is 32.7 Å². The van der Waals surface area contributed by atoms with Crippen LogP contribution in [-0.4, -0.2) is 17.7 Å². The number of rotatable bonds is 5. The van der Waals surface area contributed by atoms with Crippen LogP contribution in [0, 0.1) is 0 Å². The molecule has 0 aliphatic carbocycles. The number of anilines is 2. The fourth-order valence-electron chi connectivity index (χ4n) is 3.09. The van der Waals surface area contributed by atoms with Gasteiger partial charge in [-0.2, -0.15) is 11.3 Å². The lowest BCUT2D eigenvalue weighted by molar-refractivity contribution is -0.116. The molecule has 7 heteroatoms. The third-order valence-corrected chi connectivity index (χ3v) is 5.52. The summed E-state index contributed by atoms with van der Waals surface area (Å²) >= 11 is 7.93.